The normalized spacial score (nSPS) is 10.8. The molecule has 0 aliphatic carbocycles. The van der Waals surface area contributed by atoms with Gasteiger partial charge >= 0.3 is 5.97 Å². The number of rotatable bonds is 8. The first kappa shape index (κ1) is 22.1. The van der Waals surface area contributed by atoms with Crippen molar-refractivity contribution in [3.05, 3.63) is 76.5 Å². The van der Waals surface area contributed by atoms with E-state index < -0.39 is 5.91 Å². The summed E-state index contributed by atoms with van der Waals surface area (Å²) in [5, 5.41) is 4.50. The van der Waals surface area contributed by atoms with Crippen molar-refractivity contribution in [2.75, 3.05) is 13.2 Å². The molecule has 0 saturated carbocycles. The molecule has 3 aromatic rings. The number of furan rings is 1. The molecular weight excluding hydrogens is 420 g/mol. The van der Waals surface area contributed by atoms with Crippen molar-refractivity contribution in [1.29, 1.82) is 0 Å². The number of carbonyl (C=O) groups is 2. The number of nitrogens with zero attached hydrogens (tertiary/aromatic N) is 1. The highest BCUT2D eigenvalue weighted by atomic mass is 35.5. The quantitative estimate of drug-likeness (QED) is 0.313. The van der Waals surface area contributed by atoms with Crippen molar-refractivity contribution in [3.63, 3.8) is 0 Å². The highest BCUT2D eigenvalue weighted by molar-refractivity contribution is 6.31. The minimum absolute atomic E-state index is 0.186. The summed E-state index contributed by atoms with van der Waals surface area (Å²) in [4.78, 5) is 23.6. The van der Waals surface area contributed by atoms with E-state index in [0.717, 1.165) is 11.1 Å². The lowest BCUT2D eigenvalue weighted by atomic mass is 10.1. The molecule has 0 aliphatic heterocycles. The Morgan fingerprint density at radius 3 is 2.61 bits per heavy atom. The van der Waals surface area contributed by atoms with Gasteiger partial charge < -0.3 is 13.9 Å². The molecule has 1 aromatic heterocycles. The lowest BCUT2D eigenvalue weighted by Crippen LogP contribution is -2.24. The molecule has 0 saturated heterocycles. The van der Waals surface area contributed by atoms with Crippen molar-refractivity contribution in [1.82, 2.24) is 5.43 Å². The lowest BCUT2D eigenvalue weighted by Gasteiger charge is -2.06. The van der Waals surface area contributed by atoms with Crippen LogP contribution in [-0.2, 0) is 9.53 Å². The Hall–Kier alpha value is -3.58. The molecule has 1 heterocycles. The fourth-order valence-corrected chi connectivity index (χ4v) is 2.74. The maximum Gasteiger partial charge on any atom is 0.338 e. The number of aryl methyl sites for hydroxylation is 1. The van der Waals surface area contributed by atoms with E-state index in [-0.39, 0.29) is 12.6 Å². The molecule has 0 radical (unpaired) electrons. The summed E-state index contributed by atoms with van der Waals surface area (Å²) < 4.78 is 16.1. The van der Waals surface area contributed by atoms with E-state index in [1.54, 1.807) is 61.5 Å². The van der Waals surface area contributed by atoms with Gasteiger partial charge in [0.05, 0.1) is 18.4 Å². The molecule has 160 valence electrons. The number of ether oxygens (including phenoxy) is 2. The first-order valence-corrected chi connectivity index (χ1v) is 9.92. The fraction of sp³-hybridized carbons (Fsp3) is 0.174. The largest absolute Gasteiger partial charge is 0.484 e. The van der Waals surface area contributed by atoms with Gasteiger partial charge in [0.25, 0.3) is 5.91 Å². The first-order valence-electron chi connectivity index (χ1n) is 9.54. The van der Waals surface area contributed by atoms with Crippen LogP contribution in [0.25, 0.3) is 11.3 Å². The predicted octanol–water partition coefficient (Wildman–Crippen LogP) is 4.61. The second kappa shape index (κ2) is 10.4. The number of esters is 1. The van der Waals surface area contributed by atoms with Gasteiger partial charge in [0.15, 0.2) is 6.61 Å². The Bertz CT molecular complexity index is 1090. The summed E-state index contributed by atoms with van der Waals surface area (Å²) in [5.41, 5.74) is 4.50. The van der Waals surface area contributed by atoms with Crippen LogP contribution in [0.4, 0.5) is 0 Å². The van der Waals surface area contributed by atoms with E-state index in [4.69, 9.17) is 25.5 Å². The molecule has 0 bridgehead atoms. The summed E-state index contributed by atoms with van der Waals surface area (Å²) in [7, 11) is 0. The minimum Gasteiger partial charge on any atom is -0.484 e. The van der Waals surface area contributed by atoms with Gasteiger partial charge in [0.1, 0.15) is 17.3 Å². The summed E-state index contributed by atoms with van der Waals surface area (Å²) in [6, 6.07) is 15.5. The second-order valence-electron chi connectivity index (χ2n) is 6.49. The number of hydrazone groups is 1. The zero-order valence-electron chi connectivity index (χ0n) is 17.1. The first-order chi connectivity index (χ1) is 15.0. The predicted molar refractivity (Wildman–Crippen MR) is 118 cm³/mol. The molecule has 31 heavy (non-hydrogen) atoms. The van der Waals surface area contributed by atoms with E-state index in [1.807, 2.05) is 6.92 Å². The van der Waals surface area contributed by atoms with Gasteiger partial charge in [-0.3, -0.25) is 4.79 Å². The second-order valence-corrected chi connectivity index (χ2v) is 6.90. The Morgan fingerprint density at radius 1 is 1.13 bits per heavy atom. The number of hydrogen-bond acceptors (Lipinski definition) is 6. The molecule has 7 nitrogen and oxygen atoms in total. The molecule has 8 heteroatoms. The number of halogens is 1. The molecule has 0 aliphatic rings. The Labute approximate surface area is 184 Å². The molecular formula is C23H21ClN2O5. The van der Waals surface area contributed by atoms with E-state index in [1.165, 1.54) is 6.21 Å². The zero-order chi connectivity index (χ0) is 22.2. The van der Waals surface area contributed by atoms with Crippen molar-refractivity contribution in [3.8, 4) is 17.1 Å². The van der Waals surface area contributed by atoms with E-state index in [2.05, 4.69) is 10.5 Å². The highest BCUT2D eigenvalue weighted by Crippen LogP contribution is 2.22. The van der Waals surface area contributed by atoms with Crippen LogP contribution in [-0.4, -0.2) is 31.3 Å². The summed E-state index contributed by atoms with van der Waals surface area (Å²) >= 11 is 5.96. The van der Waals surface area contributed by atoms with E-state index in [0.29, 0.717) is 34.5 Å². The van der Waals surface area contributed by atoms with Crippen molar-refractivity contribution in [2.24, 2.45) is 5.10 Å². The monoisotopic (exact) mass is 440 g/mol. The van der Waals surface area contributed by atoms with Gasteiger partial charge in [-0.15, -0.1) is 0 Å². The minimum atomic E-state index is -0.412. The van der Waals surface area contributed by atoms with Crippen LogP contribution < -0.4 is 10.2 Å². The van der Waals surface area contributed by atoms with Gasteiger partial charge in [-0.2, -0.15) is 5.10 Å². The van der Waals surface area contributed by atoms with Gasteiger partial charge in [0, 0.05) is 10.6 Å². The van der Waals surface area contributed by atoms with Crippen LogP contribution in [0, 0.1) is 6.92 Å². The van der Waals surface area contributed by atoms with E-state index >= 15 is 0 Å². The van der Waals surface area contributed by atoms with Gasteiger partial charge in [-0.1, -0.05) is 23.7 Å². The summed E-state index contributed by atoms with van der Waals surface area (Å²) in [5.74, 6) is 0.826. The molecule has 1 N–H and O–H groups in total. The Morgan fingerprint density at radius 2 is 1.90 bits per heavy atom. The van der Waals surface area contributed by atoms with E-state index in [9.17, 15) is 9.59 Å². The Kier molecular flexibility index (Phi) is 7.45. The third-order valence-corrected chi connectivity index (χ3v) is 4.61. The average Bonchev–Trinajstić information content (AvgIpc) is 3.24. The van der Waals surface area contributed by atoms with Gasteiger partial charge in [-0.05, 0) is 61.9 Å². The van der Waals surface area contributed by atoms with Crippen LogP contribution in [0.1, 0.15) is 28.6 Å². The van der Waals surface area contributed by atoms with Crippen molar-refractivity contribution < 1.29 is 23.5 Å². The van der Waals surface area contributed by atoms with Gasteiger partial charge in [0.2, 0.25) is 0 Å². The third kappa shape index (κ3) is 6.20. The van der Waals surface area contributed by atoms with Crippen LogP contribution in [0.15, 0.2) is 64.1 Å². The maximum atomic E-state index is 11.9. The smallest absolute Gasteiger partial charge is 0.338 e. The SMILES string of the molecule is CCOC(=O)c1ccc(-c2ccc(/C=N\NC(=O)COc3ccc(Cl)c(C)c3)o2)cc1. The number of carbonyl (C=O) groups excluding carboxylic acids is 2. The summed E-state index contributed by atoms with van der Waals surface area (Å²) in [6.07, 6.45) is 1.39. The lowest BCUT2D eigenvalue weighted by molar-refractivity contribution is -0.123. The molecule has 0 spiro atoms. The molecule has 0 atom stereocenters. The molecule has 1 amide bonds. The van der Waals surface area contributed by atoms with Crippen molar-refractivity contribution >= 4 is 29.7 Å². The number of amides is 1. The van der Waals surface area contributed by atoms with Crippen LogP contribution in [0.3, 0.4) is 0 Å². The van der Waals surface area contributed by atoms with Crippen molar-refractivity contribution in [2.45, 2.75) is 13.8 Å². The standard InChI is InChI=1S/C23H21ClN2O5/c1-3-29-23(28)17-6-4-16(5-7-17)21-11-9-19(31-21)13-25-26-22(27)14-30-18-8-10-20(24)15(2)12-18/h4-13H,3,14H2,1-2H3,(H,26,27)/b25-13-. The number of nitrogens with one attached hydrogen (secondary N) is 1. The van der Waals surface area contributed by atoms with Crippen LogP contribution in [0.2, 0.25) is 5.02 Å². The fourth-order valence-electron chi connectivity index (χ4n) is 2.62. The maximum absolute atomic E-state index is 11.9. The average molecular weight is 441 g/mol. The van der Waals surface area contributed by atoms with Crippen LogP contribution >= 0.6 is 11.6 Å². The van der Waals surface area contributed by atoms with Crippen LogP contribution in [0.5, 0.6) is 5.75 Å². The zero-order valence-corrected chi connectivity index (χ0v) is 17.8. The molecule has 2 aromatic carbocycles. The molecule has 0 fully saturated rings. The summed E-state index contributed by atoms with van der Waals surface area (Å²) in [6.45, 7) is 3.75. The molecule has 0 unspecified atom stereocenters. The number of hydrogen-bond donors (Lipinski definition) is 1. The number of benzene rings is 2. The Balaban J connectivity index is 1.51. The third-order valence-electron chi connectivity index (χ3n) is 4.19. The molecule has 3 rings (SSSR count). The van der Waals surface area contributed by atoms with Gasteiger partial charge in [-0.25, -0.2) is 10.2 Å². The topological polar surface area (TPSA) is 90.1 Å². The highest BCUT2D eigenvalue weighted by Gasteiger charge is 2.09.